The number of carboxylic acids is 1. The standard InChI is InChI=1S/C30H41N3O.C2HF3O2/c1-22-9-8-10-23(2)28(22)21-33-19-26-17-32(18-27(26)20-33)16-15-29(24-11-4-3-5-12-24)31-30(34)25-13-6-7-14-25;3-2(4,5)1(6)7/h3-5,8-12,25-27,29H,6-7,13-21H2,1-2H3,(H,31,34);(H,6,7)/t26-,27?,29?;/m0./s1. The Balaban J connectivity index is 0.000000493. The number of amides is 1. The van der Waals surface area contributed by atoms with Gasteiger partial charge < -0.3 is 15.3 Å². The van der Waals surface area contributed by atoms with Gasteiger partial charge in [-0.3, -0.25) is 9.69 Å². The fraction of sp³-hybridized carbons (Fsp3) is 0.562. The highest BCUT2D eigenvalue weighted by atomic mass is 19.4. The second-order valence-electron chi connectivity index (χ2n) is 11.9. The van der Waals surface area contributed by atoms with Gasteiger partial charge in [0.05, 0.1) is 6.04 Å². The van der Waals surface area contributed by atoms with E-state index in [1.54, 1.807) is 0 Å². The molecule has 0 bridgehead atoms. The summed E-state index contributed by atoms with van der Waals surface area (Å²) in [6.07, 6.45) is 0.424. The number of carbonyl (C=O) groups excluding carboxylic acids is 1. The Kier molecular flexibility index (Phi) is 10.5. The molecule has 2 saturated heterocycles. The lowest BCUT2D eigenvalue weighted by Crippen LogP contribution is -2.36. The molecule has 1 aliphatic carbocycles. The van der Waals surface area contributed by atoms with Gasteiger partial charge >= 0.3 is 12.1 Å². The zero-order valence-electron chi connectivity index (χ0n) is 24.0. The molecule has 3 atom stereocenters. The van der Waals surface area contributed by atoms with Crippen molar-refractivity contribution >= 4 is 11.9 Å². The number of rotatable bonds is 8. The topological polar surface area (TPSA) is 72.9 Å². The number of halogens is 3. The van der Waals surface area contributed by atoms with Gasteiger partial charge in [-0.2, -0.15) is 13.2 Å². The molecule has 2 aromatic rings. The maximum absolute atomic E-state index is 12.9. The van der Waals surface area contributed by atoms with Gasteiger partial charge in [-0.25, -0.2) is 4.79 Å². The summed E-state index contributed by atoms with van der Waals surface area (Å²) in [6, 6.07) is 17.4. The van der Waals surface area contributed by atoms with E-state index in [0.29, 0.717) is 0 Å². The van der Waals surface area contributed by atoms with Crippen molar-refractivity contribution < 1.29 is 27.9 Å². The van der Waals surface area contributed by atoms with E-state index in [-0.39, 0.29) is 17.9 Å². The molecule has 3 aliphatic rings. The van der Waals surface area contributed by atoms with Crippen LogP contribution in [0.5, 0.6) is 0 Å². The molecule has 224 valence electrons. The van der Waals surface area contributed by atoms with Crippen LogP contribution in [0.25, 0.3) is 0 Å². The van der Waals surface area contributed by atoms with Crippen LogP contribution in [-0.4, -0.2) is 65.7 Å². The van der Waals surface area contributed by atoms with E-state index in [1.165, 1.54) is 61.3 Å². The molecule has 41 heavy (non-hydrogen) atoms. The van der Waals surface area contributed by atoms with E-state index in [0.717, 1.165) is 44.2 Å². The number of nitrogens with one attached hydrogen (secondary N) is 1. The minimum atomic E-state index is -5.08. The molecule has 2 heterocycles. The van der Waals surface area contributed by atoms with E-state index in [1.807, 2.05) is 0 Å². The average Bonchev–Trinajstić information content (AvgIpc) is 3.66. The molecule has 0 spiro atoms. The molecule has 1 saturated carbocycles. The third-order valence-electron chi connectivity index (χ3n) is 8.88. The molecule has 0 aromatic heterocycles. The molecule has 5 rings (SSSR count). The number of aliphatic carboxylic acids is 1. The highest BCUT2D eigenvalue weighted by Gasteiger charge is 2.40. The summed E-state index contributed by atoms with van der Waals surface area (Å²) in [4.78, 5) is 27.1. The van der Waals surface area contributed by atoms with Gasteiger partial charge in [0.15, 0.2) is 0 Å². The fourth-order valence-electron chi connectivity index (χ4n) is 6.62. The maximum atomic E-state index is 12.9. The summed E-state index contributed by atoms with van der Waals surface area (Å²) in [7, 11) is 0. The van der Waals surface area contributed by atoms with Crippen LogP contribution in [0.3, 0.4) is 0 Å². The summed E-state index contributed by atoms with van der Waals surface area (Å²) in [6.45, 7) is 11.5. The van der Waals surface area contributed by atoms with Crippen molar-refractivity contribution in [3.63, 3.8) is 0 Å². The zero-order valence-corrected chi connectivity index (χ0v) is 24.0. The lowest BCUT2D eigenvalue weighted by molar-refractivity contribution is -0.192. The summed E-state index contributed by atoms with van der Waals surface area (Å²) in [5.41, 5.74) is 5.60. The number of likely N-dealkylation sites (tertiary alicyclic amines) is 2. The van der Waals surface area contributed by atoms with Crippen molar-refractivity contribution in [2.24, 2.45) is 17.8 Å². The number of fused-ring (bicyclic) bond motifs is 1. The van der Waals surface area contributed by atoms with Crippen molar-refractivity contribution in [2.75, 3.05) is 32.7 Å². The second kappa shape index (κ2) is 13.8. The molecule has 1 amide bonds. The largest absolute Gasteiger partial charge is 0.490 e. The third kappa shape index (κ3) is 8.55. The van der Waals surface area contributed by atoms with Crippen LogP contribution < -0.4 is 5.32 Å². The molecule has 6 nitrogen and oxygen atoms in total. The average molecular weight is 574 g/mol. The molecule has 2 N–H and O–H groups in total. The predicted molar refractivity (Wildman–Crippen MR) is 152 cm³/mol. The zero-order chi connectivity index (χ0) is 29.6. The molecule has 2 unspecified atom stereocenters. The summed E-state index contributed by atoms with van der Waals surface area (Å²) >= 11 is 0. The van der Waals surface area contributed by atoms with Gasteiger partial charge in [0.1, 0.15) is 0 Å². The summed E-state index contributed by atoms with van der Waals surface area (Å²) < 4.78 is 31.7. The normalized spacial score (nSPS) is 22.2. The van der Waals surface area contributed by atoms with Crippen LogP contribution in [0.4, 0.5) is 13.2 Å². The molecule has 0 radical (unpaired) electrons. The van der Waals surface area contributed by atoms with Crippen LogP contribution in [-0.2, 0) is 16.1 Å². The number of nitrogens with zero attached hydrogens (tertiary/aromatic N) is 2. The first-order valence-corrected chi connectivity index (χ1v) is 14.7. The molecule has 2 aromatic carbocycles. The Labute approximate surface area is 240 Å². The van der Waals surface area contributed by atoms with Crippen LogP contribution in [0.1, 0.15) is 60.4 Å². The van der Waals surface area contributed by atoms with E-state index >= 15 is 0 Å². The van der Waals surface area contributed by atoms with Crippen molar-refractivity contribution in [3.8, 4) is 0 Å². The minimum Gasteiger partial charge on any atom is -0.475 e. The van der Waals surface area contributed by atoms with Gasteiger partial charge in [0.25, 0.3) is 0 Å². The number of carboxylic acid groups (broad SMARTS) is 1. The van der Waals surface area contributed by atoms with E-state index in [4.69, 9.17) is 9.90 Å². The van der Waals surface area contributed by atoms with Crippen molar-refractivity contribution in [1.29, 1.82) is 0 Å². The molecular formula is C32H42F3N3O3. The van der Waals surface area contributed by atoms with Crippen molar-refractivity contribution in [3.05, 3.63) is 70.8 Å². The highest BCUT2D eigenvalue weighted by molar-refractivity contribution is 5.79. The quantitative estimate of drug-likeness (QED) is 0.422. The summed E-state index contributed by atoms with van der Waals surface area (Å²) in [5, 5.41) is 10.5. The van der Waals surface area contributed by atoms with Gasteiger partial charge in [-0.05, 0) is 67.2 Å². The number of alkyl halides is 3. The third-order valence-corrected chi connectivity index (χ3v) is 8.88. The van der Waals surface area contributed by atoms with E-state index < -0.39 is 12.1 Å². The number of benzene rings is 2. The van der Waals surface area contributed by atoms with Gasteiger partial charge in [-0.1, -0.05) is 61.4 Å². The fourth-order valence-corrected chi connectivity index (χ4v) is 6.62. The van der Waals surface area contributed by atoms with Gasteiger partial charge in [0, 0.05) is 45.2 Å². The Morgan fingerprint density at radius 1 is 0.902 bits per heavy atom. The Hall–Kier alpha value is -2.91. The van der Waals surface area contributed by atoms with Crippen LogP contribution >= 0.6 is 0 Å². The van der Waals surface area contributed by atoms with E-state index in [2.05, 4.69) is 77.5 Å². The summed E-state index contributed by atoms with van der Waals surface area (Å²) in [5.74, 6) is -0.695. The number of hydrogen-bond acceptors (Lipinski definition) is 4. The minimum absolute atomic E-state index is 0.121. The Morgan fingerprint density at radius 2 is 1.44 bits per heavy atom. The second-order valence-corrected chi connectivity index (χ2v) is 11.9. The predicted octanol–water partition coefficient (Wildman–Crippen LogP) is 5.74. The highest BCUT2D eigenvalue weighted by Crippen LogP contribution is 2.33. The first kappa shape index (κ1) is 31.0. The Morgan fingerprint density at radius 3 is 1.98 bits per heavy atom. The van der Waals surface area contributed by atoms with Crippen LogP contribution in [0.15, 0.2) is 48.5 Å². The molecular weight excluding hydrogens is 531 g/mol. The monoisotopic (exact) mass is 573 g/mol. The maximum Gasteiger partial charge on any atom is 0.490 e. The van der Waals surface area contributed by atoms with Crippen LogP contribution in [0, 0.1) is 31.6 Å². The van der Waals surface area contributed by atoms with Crippen molar-refractivity contribution in [2.45, 2.75) is 64.7 Å². The van der Waals surface area contributed by atoms with Gasteiger partial charge in [0.2, 0.25) is 5.91 Å². The lowest BCUT2D eigenvalue weighted by Gasteiger charge is -2.26. The SMILES string of the molecule is Cc1cccc(C)c1CN1CC2CN(CCC(NC(=O)C3CCCC3)c3ccccc3)C[C@H]2C1.O=C(O)C(F)(F)F. The first-order valence-electron chi connectivity index (χ1n) is 14.7. The Bertz CT molecular complexity index is 1130. The number of hydrogen-bond donors (Lipinski definition) is 2. The lowest BCUT2D eigenvalue weighted by atomic mass is 10.0. The molecule has 2 aliphatic heterocycles. The first-order chi connectivity index (χ1) is 19.5. The van der Waals surface area contributed by atoms with Crippen molar-refractivity contribution in [1.82, 2.24) is 15.1 Å². The molecule has 3 fully saturated rings. The van der Waals surface area contributed by atoms with E-state index in [9.17, 15) is 18.0 Å². The van der Waals surface area contributed by atoms with Gasteiger partial charge in [-0.15, -0.1) is 0 Å². The van der Waals surface area contributed by atoms with Crippen LogP contribution in [0.2, 0.25) is 0 Å². The number of carbonyl (C=O) groups is 2. The molecule has 9 heteroatoms. The smallest absolute Gasteiger partial charge is 0.475 e. The number of aryl methyl sites for hydroxylation is 2.